The lowest BCUT2D eigenvalue weighted by molar-refractivity contribution is -0.114. The molecular weight excluding hydrogens is 348 g/mol. The Balaban J connectivity index is 1.45. The van der Waals surface area contributed by atoms with Crippen LogP contribution in [0, 0.1) is 0 Å². The molecule has 0 heterocycles. The number of carbonyl (C=O) groups is 1. The van der Waals surface area contributed by atoms with E-state index in [0.29, 0.717) is 11.6 Å². The number of carbonyl (C=O) groups excluding carboxylic acids is 1. The predicted molar refractivity (Wildman–Crippen MR) is 106 cm³/mol. The van der Waals surface area contributed by atoms with E-state index >= 15 is 0 Å². The number of amides is 1. The summed E-state index contributed by atoms with van der Waals surface area (Å²) in [6, 6.07) is 24.4. The highest BCUT2D eigenvalue weighted by molar-refractivity contribution is 6.30. The first-order chi connectivity index (χ1) is 12.7. The van der Waals surface area contributed by atoms with E-state index in [4.69, 9.17) is 16.3 Å². The highest BCUT2D eigenvalue weighted by Crippen LogP contribution is 2.18. The van der Waals surface area contributed by atoms with Crippen LogP contribution in [0.4, 0.5) is 11.4 Å². The van der Waals surface area contributed by atoms with Gasteiger partial charge in [-0.3, -0.25) is 4.79 Å². The molecule has 132 valence electrons. The molecule has 0 aliphatic rings. The number of rotatable bonds is 7. The molecule has 0 saturated heterocycles. The SMILES string of the molecule is O=C(CNc1ccc(OCc2ccc(Cl)cc2)cc1)Nc1ccccc1. The molecule has 0 spiro atoms. The van der Waals surface area contributed by atoms with Crippen LogP contribution in [0.15, 0.2) is 78.9 Å². The van der Waals surface area contributed by atoms with Gasteiger partial charge in [0.1, 0.15) is 12.4 Å². The van der Waals surface area contributed by atoms with Gasteiger partial charge < -0.3 is 15.4 Å². The van der Waals surface area contributed by atoms with E-state index in [1.165, 1.54) is 0 Å². The van der Waals surface area contributed by atoms with Gasteiger partial charge >= 0.3 is 0 Å². The van der Waals surface area contributed by atoms with Gasteiger partial charge in [0.05, 0.1) is 6.54 Å². The van der Waals surface area contributed by atoms with E-state index in [-0.39, 0.29) is 12.5 Å². The van der Waals surface area contributed by atoms with Crippen molar-refractivity contribution >= 4 is 28.9 Å². The first-order valence-corrected chi connectivity index (χ1v) is 8.63. The third-order valence-corrected chi connectivity index (χ3v) is 3.94. The van der Waals surface area contributed by atoms with Gasteiger partial charge in [-0.2, -0.15) is 0 Å². The van der Waals surface area contributed by atoms with Crippen molar-refractivity contribution in [3.63, 3.8) is 0 Å². The average molecular weight is 367 g/mol. The van der Waals surface area contributed by atoms with Gasteiger partial charge in [0.15, 0.2) is 0 Å². The van der Waals surface area contributed by atoms with Crippen LogP contribution in [0.2, 0.25) is 5.02 Å². The van der Waals surface area contributed by atoms with Gasteiger partial charge in [0.25, 0.3) is 0 Å². The number of halogens is 1. The number of nitrogens with one attached hydrogen (secondary N) is 2. The molecule has 0 aliphatic carbocycles. The minimum Gasteiger partial charge on any atom is -0.489 e. The third kappa shape index (κ3) is 5.53. The maximum absolute atomic E-state index is 11.9. The molecule has 3 aromatic carbocycles. The smallest absolute Gasteiger partial charge is 0.243 e. The fourth-order valence-electron chi connectivity index (χ4n) is 2.33. The summed E-state index contributed by atoms with van der Waals surface area (Å²) in [5.74, 6) is 0.665. The predicted octanol–water partition coefficient (Wildman–Crippen LogP) is 4.97. The molecule has 3 aromatic rings. The molecule has 0 saturated carbocycles. The van der Waals surface area contributed by atoms with Gasteiger partial charge in [0.2, 0.25) is 5.91 Å². The molecule has 26 heavy (non-hydrogen) atoms. The fraction of sp³-hybridized carbons (Fsp3) is 0.0952. The Bertz CT molecular complexity index is 834. The van der Waals surface area contributed by atoms with Crippen molar-refractivity contribution in [3.05, 3.63) is 89.4 Å². The third-order valence-electron chi connectivity index (χ3n) is 3.68. The van der Waals surface area contributed by atoms with Gasteiger partial charge in [-0.15, -0.1) is 0 Å². The van der Waals surface area contributed by atoms with Crippen molar-refractivity contribution in [3.8, 4) is 5.75 Å². The van der Waals surface area contributed by atoms with Crippen molar-refractivity contribution in [1.82, 2.24) is 0 Å². The molecule has 0 aliphatic heterocycles. The van der Waals surface area contributed by atoms with E-state index < -0.39 is 0 Å². The molecule has 0 bridgehead atoms. The maximum atomic E-state index is 11.9. The van der Waals surface area contributed by atoms with Crippen LogP contribution in [0.1, 0.15) is 5.56 Å². The normalized spacial score (nSPS) is 10.2. The molecule has 0 atom stereocenters. The summed E-state index contributed by atoms with van der Waals surface area (Å²) in [6.45, 7) is 0.670. The molecule has 5 heteroatoms. The highest BCUT2D eigenvalue weighted by Gasteiger charge is 2.02. The Kier molecular flexibility index (Phi) is 6.12. The second-order valence-corrected chi connectivity index (χ2v) is 6.14. The zero-order chi connectivity index (χ0) is 18.2. The Morgan fingerprint density at radius 3 is 2.23 bits per heavy atom. The zero-order valence-corrected chi connectivity index (χ0v) is 14.9. The number of hydrogen-bond donors (Lipinski definition) is 2. The van der Waals surface area contributed by atoms with Gasteiger partial charge in [0, 0.05) is 16.4 Å². The van der Waals surface area contributed by atoms with E-state index in [1.54, 1.807) is 0 Å². The summed E-state index contributed by atoms with van der Waals surface area (Å²) in [5, 5.41) is 6.63. The minimum absolute atomic E-state index is 0.0979. The van der Waals surface area contributed by atoms with E-state index in [0.717, 1.165) is 22.7 Å². The Hall–Kier alpha value is -2.98. The van der Waals surface area contributed by atoms with Crippen molar-refractivity contribution < 1.29 is 9.53 Å². The van der Waals surface area contributed by atoms with E-state index in [9.17, 15) is 4.79 Å². The van der Waals surface area contributed by atoms with Crippen molar-refractivity contribution in [1.29, 1.82) is 0 Å². The number of benzene rings is 3. The van der Waals surface area contributed by atoms with Gasteiger partial charge in [-0.25, -0.2) is 0 Å². The average Bonchev–Trinajstić information content (AvgIpc) is 2.67. The van der Waals surface area contributed by atoms with E-state index in [1.807, 2.05) is 78.9 Å². The molecule has 0 unspecified atom stereocenters. The maximum Gasteiger partial charge on any atom is 0.243 e. The second-order valence-electron chi connectivity index (χ2n) is 5.71. The van der Waals surface area contributed by atoms with Crippen LogP contribution in [0.25, 0.3) is 0 Å². The number of para-hydroxylation sites is 1. The van der Waals surface area contributed by atoms with Crippen molar-refractivity contribution in [2.75, 3.05) is 17.2 Å². The lowest BCUT2D eigenvalue weighted by Crippen LogP contribution is -2.21. The summed E-state index contributed by atoms with van der Waals surface area (Å²) in [4.78, 5) is 11.9. The molecule has 0 fully saturated rings. The van der Waals surface area contributed by atoms with Gasteiger partial charge in [-0.1, -0.05) is 41.9 Å². The van der Waals surface area contributed by atoms with Crippen LogP contribution in [0.3, 0.4) is 0 Å². The van der Waals surface area contributed by atoms with Crippen molar-refractivity contribution in [2.45, 2.75) is 6.61 Å². The number of hydrogen-bond acceptors (Lipinski definition) is 3. The quantitative estimate of drug-likeness (QED) is 0.620. The highest BCUT2D eigenvalue weighted by atomic mass is 35.5. The van der Waals surface area contributed by atoms with Crippen LogP contribution >= 0.6 is 11.6 Å². The molecule has 4 nitrogen and oxygen atoms in total. The Morgan fingerprint density at radius 2 is 1.54 bits per heavy atom. The first kappa shape index (κ1) is 17.8. The topological polar surface area (TPSA) is 50.4 Å². The van der Waals surface area contributed by atoms with Crippen LogP contribution in [-0.2, 0) is 11.4 Å². The largest absolute Gasteiger partial charge is 0.489 e. The Morgan fingerprint density at radius 1 is 0.846 bits per heavy atom. The second kappa shape index (κ2) is 8.92. The number of ether oxygens (including phenoxy) is 1. The molecule has 3 rings (SSSR count). The Labute approximate surface area is 157 Å². The zero-order valence-electron chi connectivity index (χ0n) is 14.1. The van der Waals surface area contributed by atoms with E-state index in [2.05, 4.69) is 10.6 Å². The minimum atomic E-state index is -0.0979. The van der Waals surface area contributed by atoms with Crippen LogP contribution in [-0.4, -0.2) is 12.5 Å². The molecular formula is C21H19ClN2O2. The fourth-order valence-corrected chi connectivity index (χ4v) is 2.45. The van der Waals surface area contributed by atoms with Crippen molar-refractivity contribution in [2.24, 2.45) is 0 Å². The molecule has 0 radical (unpaired) electrons. The van der Waals surface area contributed by atoms with Crippen LogP contribution in [0.5, 0.6) is 5.75 Å². The summed E-state index contributed by atoms with van der Waals surface area (Å²) in [5.41, 5.74) is 2.69. The molecule has 2 N–H and O–H groups in total. The van der Waals surface area contributed by atoms with Crippen LogP contribution < -0.4 is 15.4 Å². The summed E-state index contributed by atoms with van der Waals surface area (Å²) in [7, 11) is 0. The standard InChI is InChI=1S/C21H19ClN2O2/c22-17-8-6-16(7-9-17)15-26-20-12-10-18(11-13-20)23-14-21(25)24-19-4-2-1-3-5-19/h1-13,23H,14-15H2,(H,24,25). The number of anilines is 2. The lowest BCUT2D eigenvalue weighted by atomic mass is 10.2. The molecule has 0 aromatic heterocycles. The van der Waals surface area contributed by atoms with Gasteiger partial charge in [-0.05, 0) is 54.1 Å². The summed E-state index contributed by atoms with van der Waals surface area (Å²) >= 11 is 5.87. The monoisotopic (exact) mass is 366 g/mol. The first-order valence-electron chi connectivity index (χ1n) is 8.25. The summed E-state index contributed by atoms with van der Waals surface area (Å²) in [6.07, 6.45) is 0. The summed E-state index contributed by atoms with van der Waals surface area (Å²) < 4.78 is 5.74. The molecule has 1 amide bonds. The lowest BCUT2D eigenvalue weighted by Gasteiger charge is -2.10.